The summed E-state index contributed by atoms with van der Waals surface area (Å²) in [5.74, 6) is 0.714. The van der Waals surface area contributed by atoms with Gasteiger partial charge < -0.3 is 5.11 Å². The molecule has 1 aliphatic rings. The second-order valence-electron chi connectivity index (χ2n) is 6.00. The van der Waals surface area contributed by atoms with Crippen LogP contribution in [0, 0.1) is 19.8 Å². The molecule has 0 heterocycles. The highest BCUT2D eigenvalue weighted by atomic mass is 16.3. The summed E-state index contributed by atoms with van der Waals surface area (Å²) in [4.78, 5) is 0. The average Bonchev–Trinajstić information content (AvgIpc) is 2.68. The Morgan fingerprint density at radius 3 is 2.18 bits per heavy atom. The number of aryl methyl sites for hydroxylation is 2. The molecule has 0 aliphatic heterocycles. The van der Waals surface area contributed by atoms with Crippen molar-refractivity contribution in [3.8, 4) is 0 Å². The molecule has 0 amide bonds. The fourth-order valence-electron chi connectivity index (χ4n) is 3.18. The zero-order valence-electron chi connectivity index (χ0n) is 11.3. The number of benzene rings is 1. The summed E-state index contributed by atoms with van der Waals surface area (Å²) < 4.78 is 0. The Morgan fingerprint density at radius 1 is 1.12 bits per heavy atom. The van der Waals surface area contributed by atoms with E-state index in [-0.39, 0.29) is 0 Å². The fraction of sp³-hybridized carbons (Fsp3) is 0.625. The third-order valence-corrected chi connectivity index (χ3v) is 4.00. The van der Waals surface area contributed by atoms with Gasteiger partial charge in [-0.1, -0.05) is 55.0 Å². The van der Waals surface area contributed by atoms with Crippen LogP contribution in [0.3, 0.4) is 0 Å². The summed E-state index contributed by atoms with van der Waals surface area (Å²) in [6.45, 7) is 6.17. The van der Waals surface area contributed by atoms with Gasteiger partial charge in [0.1, 0.15) is 0 Å². The van der Waals surface area contributed by atoms with Crippen molar-refractivity contribution in [2.75, 3.05) is 0 Å². The van der Waals surface area contributed by atoms with E-state index in [1.165, 1.54) is 36.8 Å². The summed E-state index contributed by atoms with van der Waals surface area (Å²) in [7, 11) is 0. The van der Waals surface area contributed by atoms with E-state index in [2.05, 4.69) is 32.0 Å². The van der Waals surface area contributed by atoms with Crippen LogP contribution >= 0.6 is 0 Å². The standard InChI is InChI=1S/C16H24O/c1-12-8-13(2)10-15(9-12)16(3,17)11-14-6-4-5-7-14/h8-10,14,17H,4-7,11H2,1-3H3. The summed E-state index contributed by atoms with van der Waals surface area (Å²) in [6.07, 6.45) is 6.18. The molecule has 0 saturated heterocycles. The molecule has 2 rings (SSSR count). The number of rotatable bonds is 3. The van der Waals surface area contributed by atoms with E-state index in [1.54, 1.807) is 0 Å². The van der Waals surface area contributed by atoms with Crippen molar-refractivity contribution in [3.05, 3.63) is 34.9 Å². The topological polar surface area (TPSA) is 20.2 Å². The van der Waals surface area contributed by atoms with E-state index in [0.717, 1.165) is 12.0 Å². The van der Waals surface area contributed by atoms with E-state index in [9.17, 15) is 5.11 Å². The van der Waals surface area contributed by atoms with E-state index in [4.69, 9.17) is 0 Å². The zero-order chi connectivity index (χ0) is 12.5. The molecular weight excluding hydrogens is 208 g/mol. The van der Waals surface area contributed by atoms with Gasteiger partial charge in [-0.15, -0.1) is 0 Å². The van der Waals surface area contributed by atoms with Crippen molar-refractivity contribution in [2.24, 2.45) is 5.92 Å². The van der Waals surface area contributed by atoms with Crippen LogP contribution < -0.4 is 0 Å². The molecule has 1 nitrogen and oxygen atoms in total. The van der Waals surface area contributed by atoms with Crippen molar-refractivity contribution in [3.63, 3.8) is 0 Å². The highest BCUT2D eigenvalue weighted by molar-refractivity contribution is 5.32. The summed E-state index contributed by atoms with van der Waals surface area (Å²) in [5.41, 5.74) is 2.91. The Bertz CT molecular complexity index is 366. The Hall–Kier alpha value is -0.820. The number of hydrogen-bond donors (Lipinski definition) is 1. The Kier molecular flexibility index (Phi) is 3.58. The summed E-state index contributed by atoms with van der Waals surface area (Å²) in [5, 5.41) is 10.7. The maximum atomic E-state index is 10.7. The Morgan fingerprint density at radius 2 is 1.65 bits per heavy atom. The minimum atomic E-state index is -0.661. The quantitative estimate of drug-likeness (QED) is 0.832. The maximum absolute atomic E-state index is 10.7. The van der Waals surface area contributed by atoms with Crippen LogP contribution in [-0.4, -0.2) is 5.11 Å². The molecule has 0 radical (unpaired) electrons. The molecule has 1 fully saturated rings. The summed E-state index contributed by atoms with van der Waals surface area (Å²) in [6, 6.07) is 6.42. The predicted octanol–water partition coefficient (Wildman–Crippen LogP) is 4.09. The van der Waals surface area contributed by atoms with E-state index >= 15 is 0 Å². The maximum Gasteiger partial charge on any atom is 0.0871 e. The molecule has 1 aliphatic carbocycles. The largest absolute Gasteiger partial charge is 0.385 e. The van der Waals surface area contributed by atoms with Gasteiger partial charge in [0.2, 0.25) is 0 Å². The molecule has 1 aromatic carbocycles. The first-order valence-corrected chi connectivity index (χ1v) is 6.78. The van der Waals surface area contributed by atoms with E-state index in [0.29, 0.717) is 5.92 Å². The second-order valence-corrected chi connectivity index (χ2v) is 6.00. The molecular formula is C16H24O. The highest BCUT2D eigenvalue weighted by Gasteiger charge is 2.29. The van der Waals surface area contributed by atoms with Crippen LogP contribution in [0.5, 0.6) is 0 Å². The lowest BCUT2D eigenvalue weighted by Crippen LogP contribution is -2.24. The van der Waals surface area contributed by atoms with Gasteiger partial charge in [-0.25, -0.2) is 0 Å². The molecule has 1 atom stereocenters. The Balaban J connectivity index is 2.17. The number of aliphatic hydroxyl groups is 1. The normalized spacial score (nSPS) is 20.5. The predicted molar refractivity (Wildman–Crippen MR) is 72.1 cm³/mol. The van der Waals surface area contributed by atoms with Crippen LogP contribution in [0.1, 0.15) is 55.7 Å². The Labute approximate surface area is 105 Å². The minimum absolute atomic E-state index is 0.661. The molecule has 0 spiro atoms. The van der Waals surface area contributed by atoms with Gasteiger partial charge in [0, 0.05) is 0 Å². The lowest BCUT2D eigenvalue weighted by Gasteiger charge is -2.28. The average molecular weight is 232 g/mol. The zero-order valence-corrected chi connectivity index (χ0v) is 11.3. The number of hydrogen-bond acceptors (Lipinski definition) is 1. The molecule has 94 valence electrons. The molecule has 0 aromatic heterocycles. The molecule has 1 unspecified atom stereocenters. The first kappa shape index (κ1) is 12.6. The second kappa shape index (κ2) is 4.81. The monoisotopic (exact) mass is 232 g/mol. The van der Waals surface area contributed by atoms with Crippen LogP contribution in [-0.2, 0) is 5.60 Å². The lowest BCUT2D eigenvalue weighted by atomic mass is 9.84. The fourth-order valence-corrected chi connectivity index (χ4v) is 3.18. The van der Waals surface area contributed by atoms with Gasteiger partial charge in [0.05, 0.1) is 5.60 Å². The van der Waals surface area contributed by atoms with Crippen molar-refractivity contribution in [2.45, 2.75) is 58.5 Å². The van der Waals surface area contributed by atoms with Gasteiger partial charge in [-0.05, 0) is 38.7 Å². The van der Waals surface area contributed by atoms with Crippen LogP contribution in [0.25, 0.3) is 0 Å². The SMILES string of the molecule is Cc1cc(C)cc(C(C)(O)CC2CCCC2)c1. The molecule has 17 heavy (non-hydrogen) atoms. The van der Waals surface area contributed by atoms with Crippen molar-refractivity contribution in [1.82, 2.24) is 0 Å². The van der Waals surface area contributed by atoms with Gasteiger partial charge >= 0.3 is 0 Å². The summed E-state index contributed by atoms with van der Waals surface area (Å²) >= 11 is 0. The minimum Gasteiger partial charge on any atom is -0.385 e. The van der Waals surface area contributed by atoms with Crippen molar-refractivity contribution < 1.29 is 5.11 Å². The van der Waals surface area contributed by atoms with Gasteiger partial charge in [-0.2, -0.15) is 0 Å². The first-order valence-electron chi connectivity index (χ1n) is 6.78. The molecule has 1 saturated carbocycles. The van der Waals surface area contributed by atoms with Gasteiger partial charge in [-0.3, -0.25) is 0 Å². The van der Waals surface area contributed by atoms with Crippen molar-refractivity contribution >= 4 is 0 Å². The lowest BCUT2D eigenvalue weighted by molar-refractivity contribution is 0.0307. The third-order valence-electron chi connectivity index (χ3n) is 4.00. The highest BCUT2D eigenvalue weighted by Crippen LogP contribution is 2.36. The van der Waals surface area contributed by atoms with E-state index in [1.807, 2.05) is 6.92 Å². The van der Waals surface area contributed by atoms with Crippen LogP contribution in [0.4, 0.5) is 0 Å². The van der Waals surface area contributed by atoms with Gasteiger partial charge in [0.15, 0.2) is 0 Å². The molecule has 1 heteroatoms. The molecule has 1 aromatic rings. The third kappa shape index (κ3) is 3.10. The van der Waals surface area contributed by atoms with E-state index < -0.39 is 5.60 Å². The molecule has 0 bridgehead atoms. The first-order chi connectivity index (χ1) is 7.97. The van der Waals surface area contributed by atoms with Crippen molar-refractivity contribution in [1.29, 1.82) is 0 Å². The van der Waals surface area contributed by atoms with Crippen LogP contribution in [0.2, 0.25) is 0 Å². The smallest absolute Gasteiger partial charge is 0.0871 e. The van der Waals surface area contributed by atoms with Crippen LogP contribution in [0.15, 0.2) is 18.2 Å². The van der Waals surface area contributed by atoms with Gasteiger partial charge in [0.25, 0.3) is 0 Å². The molecule has 1 N–H and O–H groups in total.